The molecule has 0 unspecified atom stereocenters. The second kappa shape index (κ2) is 8.73. The Morgan fingerprint density at radius 3 is 2.60 bits per heavy atom. The molecular weight excluding hydrogens is 322 g/mol. The maximum absolute atomic E-state index is 12.3. The van der Waals surface area contributed by atoms with Crippen molar-refractivity contribution in [1.82, 2.24) is 0 Å². The first kappa shape index (κ1) is 18.3. The number of methoxy groups -OCH3 is 1. The number of para-hydroxylation sites is 2. The van der Waals surface area contributed by atoms with E-state index in [-0.39, 0.29) is 5.91 Å². The number of anilines is 1. The Bertz CT molecular complexity index is 744. The van der Waals surface area contributed by atoms with Crippen molar-refractivity contribution in [3.8, 4) is 11.5 Å². The maximum atomic E-state index is 12.3. The van der Waals surface area contributed by atoms with Crippen molar-refractivity contribution < 1.29 is 23.8 Å². The number of hydrogen-bond acceptors (Lipinski definition) is 5. The lowest BCUT2D eigenvalue weighted by molar-refractivity contribution is -0.122. The van der Waals surface area contributed by atoms with Crippen molar-refractivity contribution in [3.63, 3.8) is 0 Å². The SMILES string of the molecule is CCOC(=O)c1cccc(O[C@@H](C)C(=O)Nc2ccccc2OC)c1. The van der Waals surface area contributed by atoms with Crippen LogP contribution in [-0.4, -0.2) is 31.7 Å². The highest BCUT2D eigenvalue weighted by atomic mass is 16.5. The molecule has 2 rings (SSSR count). The molecular formula is C19H21NO5. The Balaban J connectivity index is 2.04. The lowest BCUT2D eigenvalue weighted by Crippen LogP contribution is -2.30. The van der Waals surface area contributed by atoms with Crippen molar-refractivity contribution in [2.45, 2.75) is 20.0 Å². The second-order valence-electron chi connectivity index (χ2n) is 5.20. The molecule has 0 saturated heterocycles. The number of carbonyl (C=O) groups is 2. The molecule has 1 N–H and O–H groups in total. The Labute approximate surface area is 146 Å². The van der Waals surface area contributed by atoms with Gasteiger partial charge in [0.2, 0.25) is 0 Å². The number of rotatable bonds is 7. The van der Waals surface area contributed by atoms with Crippen LogP contribution in [0.5, 0.6) is 11.5 Å². The van der Waals surface area contributed by atoms with E-state index in [4.69, 9.17) is 14.2 Å². The third-order valence-electron chi connectivity index (χ3n) is 3.39. The molecule has 0 aliphatic heterocycles. The molecule has 0 aromatic heterocycles. The molecule has 0 spiro atoms. The van der Waals surface area contributed by atoms with Crippen molar-refractivity contribution in [3.05, 3.63) is 54.1 Å². The molecule has 25 heavy (non-hydrogen) atoms. The smallest absolute Gasteiger partial charge is 0.338 e. The summed E-state index contributed by atoms with van der Waals surface area (Å²) >= 11 is 0. The summed E-state index contributed by atoms with van der Waals surface area (Å²) in [5.74, 6) is 0.214. The van der Waals surface area contributed by atoms with E-state index in [1.165, 1.54) is 7.11 Å². The summed E-state index contributed by atoms with van der Waals surface area (Å²) < 4.78 is 15.8. The van der Waals surface area contributed by atoms with Gasteiger partial charge < -0.3 is 19.5 Å². The normalized spacial score (nSPS) is 11.3. The van der Waals surface area contributed by atoms with E-state index in [9.17, 15) is 9.59 Å². The summed E-state index contributed by atoms with van der Waals surface area (Å²) in [4.78, 5) is 24.1. The summed E-state index contributed by atoms with van der Waals surface area (Å²) in [6.07, 6.45) is -0.762. The summed E-state index contributed by atoms with van der Waals surface area (Å²) in [7, 11) is 1.53. The van der Waals surface area contributed by atoms with Crippen LogP contribution in [0.4, 0.5) is 5.69 Å². The van der Waals surface area contributed by atoms with Crippen molar-refractivity contribution in [1.29, 1.82) is 0 Å². The van der Waals surface area contributed by atoms with Crippen LogP contribution in [0.1, 0.15) is 24.2 Å². The molecule has 6 nitrogen and oxygen atoms in total. The van der Waals surface area contributed by atoms with Gasteiger partial charge in [-0.05, 0) is 44.2 Å². The Kier molecular flexibility index (Phi) is 6.39. The van der Waals surface area contributed by atoms with Gasteiger partial charge >= 0.3 is 5.97 Å². The molecule has 1 amide bonds. The number of esters is 1. The van der Waals surface area contributed by atoms with Gasteiger partial charge in [-0.2, -0.15) is 0 Å². The van der Waals surface area contributed by atoms with E-state index in [0.29, 0.717) is 29.4 Å². The molecule has 1 atom stereocenters. The fourth-order valence-corrected chi connectivity index (χ4v) is 2.15. The molecule has 0 heterocycles. The van der Waals surface area contributed by atoms with Gasteiger partial charge in [-0.1, -0.05) is 18.2 Å². The minimum Gasteiger partial charge on any atom is -0.495 e. The maximum Gasteiger partial charge on any atom is 0.338 e. The molecule has 0 aliphatic carbocycles. The van der Waals surface area contributed by atoms with E-state index >= 15 is 0 Å². The van der Waals surface area contributed by atoms with Crippen LogP contribution in [-0.2, 0) is 9.53 Å². The molecule has 6 heteroatoms. The molecule has 0 fully saturated rings. The lowest BCUT2D eigenvalue weighted by atomic mass is 10.2. The van der Waals surface area contributed by atoms with Crippen LogP contribution in [0.2, 0.25) is 0 Å². The van der Waals surface area contributed by atoms with Crippen LogP contribution < -0.4 is 14.8 Å². The highest BCUT2D eigenvalue weighted by Crippen LogP contribution is 2.23. The average molecular weight is 343 g/mol. The topological polar surface area (TPSA) is 73.9 Å². The Morgan fingerprint density at radius 1 is 1.12 bits per heavy atom. The van der Waals surface area contributed by atoms with Crippen molar-refractivity contribution in [2.75, 3.05) is 19.0 Å². The predicted molar refractivity (Wildman–Crippen MR) is 94.1 cm³/mol. The zero-order chi connectivity index (χ0) is 18.2. The molecule has 0 saturated carbocycles. The van der Waals surface area contributed by atoms with Gasteiger partial charge in [-0.25, -0.2) is 4.79 Å². The van der Waals surface area contributed by atoms with E-state index in [0.717, 1.165) is 0 Å². The van der Waals surface area contributed by atoms with Crippen molar-refractivity contribution >= 4 is 17.6 Å². The van der Waals surface area contributed by atoms with Crippen molar-refractivity contribution in [2.24, 2.45) is 0 Å². The minimum absolute atomic E-state index is 0.293. The predicted octanol–water partition coefficient (Wildman–Crippen LogP) is 3.28. The van der Waals surface area contributed by atoms with Crippen LogP contribution in [0, 0.1) is 0 Å². The summed E-state index contributed by atoms with van der Waals surface area (Å²) in [5.41, 5.74) is 0.933. The van der Waals surface area contributed by atoms with E-state index in [1.54, 1.807) is 56.3 Å². The number of nitrogens with one attached hydrogen (secondary N) is 1. The largest absolute Gasteiger partial charge is 0.495 e. The van der Waals surface area contributed by atoms with Crippen LogP contribution in [0.3, 0.4) is 0 Å². The zero-order valence-electron chi connectivity index (χ0n) is 14.4. The first-order valence-electron chi connectivity index (χ1n) is 7.93. The summed E-state index contributed by atoms with van der Waals surface area (Å²) in [6, 6.07) is 13.6. The fourth-order valence-electron chi connectivity index (χ4n) is 2.15. The fraction of sp³-hybridized carbons (Fsp3) is 0.263. The lowest BCUT2D eigenvalue weighted by Gasteiger charge is -2.16. The van der Waals surface area contributed by atoms with Gasteiger partial charge in [0.15, 0.2) is 6.10 Å². The number of amides is 1. The average Bonchev–Trinajstić information content (AvgIpc) is 2.62. The third kappa shape index (κ3) is 4.97. The second-order valence-corrected chi connectivity index (χ2v) is 5.20. The number of ether oxygens (including phenoxy) is 3. The number of carbonyl (C=O) groups excluding carboxylic acids is 2. The standard InChI is InChI=1S/C19H21NO5/c1-4-24-19(22)14-8-7-9-15(12-14)25-13(2)18(21)20-16-10-5-6-11-17(16)23-3/h5-13H,4H2,1-3H3,(H,20,21)/t13-/m0/s1. The van der Waals surface area contributed by atoms with Crippen LogP contribution in [0.15, 0.2) is 48.5 Å². The third-order valence-corrected chi connectivity index (χ3v) is 3.39. The highest BCUT2D eigenvalue weighted by molar-refractivity contribution is 5.95. The van der Waals surface area contributed by atoms with Crippen LogP contribution >= 0.6 is 0 Å². The Hall–Kier alpha value is -3.02. The quantitative estimate of drug-likeness (QED) is 0.781. The van der Waals surface area contributed by atoms with E-state index in [2.05, 4.69) is 5.32 Å². The first-order chi connectivity index (χ1) is 12.0. The molecule has 0 aliphatic rings. The molecule has 2 aromatic carbocycles. The Morgan fingerprint density at radius 2 is 1.88 bits per heavy atom. The number of hydrogen-bond donors (Lipinski definition) is 1. The van der Waals surface area contributed by atoms with Gasteiger partial charge in [0.25, 0.3) is 5.91 Å². The van der Waals surface area contributed by atoms with Crippen LogP contribution in [0.25, 0.3) is 0 Å². The van der Waals surface area contributed by atoms with Gasteiger partial charge in [0.05, 0.1) is 25.0 Å². The van der Waals surface area contributed by atoms with E-state index < -0.39 is 12.1 Å². The van der Waals surface area contributed by atoms with Gasteiger partial charge in [-0.15, -0.1) is 0 Å². The molecule has 2 aromatic rings. The molecule has 132 valence electrons. The first-order valence-corrected chi connectivity index (χ1v) is 7.93. The minimum atomic E-state index is -0.762. The van der Waals surface area contributed by atoms with Gasteiger partial charge in [0.1, 0.15) is 11.5 Å². The van der Waals surface area contributed by atoms with Gasteiger partial charge in [-0.3, -0.25) is 4.79 Å². The zero-order valence-corrected chi connectivity index (χ0v) is 14.4. The highest BCUT2D eigenvalue weighted by Gasteiger charge is 2.17. The van der Waals surface area contributed by atoms with E-state index in [1.807, 2.05) is 6.07 Å². The summed E-state index contributed by atoms with van der Waals surface area (Å²) in [5, 5.41) is 2.76. The summed E-state index contributed by atoms with van der Waals surface area (Å²) in [6.45, 7) is 3.66. The monoisotopic (exact) mass is 343 g/mol. The van der Waals surface area contributed by atoms with Gasteiger partial charge in [0, 0.05) is 0 Å². The number of benzene rings is 2. The molecule has 0 radical (unpaired) electrons. The molecule has 0 bridgehead atoms.